The van der Waals surface area contributed by atoms with E-state index in [0.717, 1.165) is 17.2 Å². The number of nitrogens with two attached hydrogens (primary N) is 1. The largest absolute Gasteiger partial charge is 0.384 e. The minimum absolute atomic E-state index is 0.488. The smallest absolute Gasteiger partial charge is 0.152 e. The number of aromatic nitrogens is 3. The van der Waals surface area contributed by atoms with Crippen molar-refractivity contribution < 1.29 is 0 Å². The zero-order valence-corrected chi connectivity index (χ0v) is 7.78. The van der Waals surface area contributed by atoms with Crippen molar-refractivity contribution in [3.8, 4) is 0 Å². The highest BCUT2D eigenvalue weighted by Gasteiger charge is 1.98. The second-order valence-corrected chi connectivity index (χ2v) is 3.03. The van der Waals surface area contributed by atoms with E-state index in [1.807, 2.05) is 19.1 Å². The zero-order chi connectivity index (χ0) is 9.97. The van der Waals surface area contributed by atoms with Gasteiger partial charge in [0.25, 0.3) is 0 Å². The molecule has 0 atom stereocenters. The summed E-state index contributed by atoms with van der Waals surface area (Å²) < 4.78 is 0. The summed E-state index contributed by atoms with van der Waals surface area (Å²) in [6, 6.07) is 5.50. The molecule has 0 aliphatic rings. The SMILES string of the molecule is Cc1cc(Nc2ccnc(N)c2)n[nH]1. The standard InChI is InChI=1S/C9H11N5/c1-6-4-9(14-13-6)12-7-2-3-11-8(10)5-7/h2-5H,1H3,(H4,10,11,12,13,14). The number of hydrogen-bond acceptors (Lipinski definition) is 4. The molecule has 5 nitrogen and oxygen atoms in total. The molecule has 0 aliphatic carbocycles. The van der Waals surface area contributed by atoms with Gasteiger partial charge in [-0.25, -0.2) is 4.98 Å². The van der Waals surface area contributed by atoms with Gasteiger partial charge in [0, 0.05) is 29.7 Å². The summed E-state index contributed by atoms with van der Waals surface area (Å²) >= 11 is 0. The molecule has 2 aromatic rings. The lowest BCUT2D eigenvalue weighted by molar-refractivity contribution is 1.05. The van der Waals surface area contributed by atoms with Crippen LogP contribution in [-0.2, 0) is 0 Å². The summed E-state index contributed by atoms with van der Waals surface area (Å²) in [4.78, 5) is 3.90. The predicted molar refractivity (Wildman–Crippen MR) is 55.3 cm³/mol. The molecule has 0 amide bonds. The highest BCUT2D eigenvalue weighted by Crippen LogP contribution is 2.15. The quantitative estimate of drug-likeness (QED) is 0.667. The van der Waals surface area contributed by atoms with Crippen LogP contribution in [0.3, 0.4) is 0 Å². The van der Waals surface area contributed by atoms with E-state index in [1.54, 1.807) is 12.3 Å². The predicted octanol–water partition coefficient (Wildman–Crippen LogP) is 1.44. The molecule has 2 heterocycles. The number of pyridine rings is 1. The topological polar surface area (TPSA) is 79.6 Å². The van der Waals surface area contributed by atoms with E-state index in [4.69, 9.17) is 5.73 Å². The van der Waals surface area contributed by atoms with Crippen molar-refractivity contribution in [2.45, 2.75) is 6.92 Å². The summed E-state index contributed by atoms with van der Waals surface area (Å²) in [5.74, 6) is 1.26. The van der Waals surface area contributed by atoms with Crippen molar-refractivity contribution in [2.24, 2.45) is 0 Å². The summed E-state index contributed by atoms with van der Waals surface area (Å²) in [5, 5.41) is 9.99. The van der Waals surface area contributed by atoms with Crippen LogP contribution in [0.1, 0.15) is 5.69 Å². The third-order valence-corrected chi connectivity index (χ3v) is 1.76. The van der Waals surface area contributed by atoms with Gasteiger partial charge in [-0.1, -0.05) is 0 Å². The molecule has 0 aliphatic heterocycles. The molecule has 0 fully saturated rings. The minimum atomic E-state index is 0.488. The van der Waals surface area contributed by atoms with Crippen molar-refractivity contribution in [1.82, 2.24) is 15.2 Å². The maximum absolute atomic E-state index is 5.54. The van der Waals surface area contributed by atoms with Gasteiger partial charge >= 0.3 is 0 Å². The van der Waals surface area contributed by atoms with E-state index in [-0.39, 0.29) is 0 Å². The van der Waals surface area contributed by atoms with E-state index in [0.29, 0.717) is 5.82 Å². The van der Waals surface area contributed by atoms with Gasteiger partial charge in [-0.05, 0) is 13.0 Å². The number of aromatic amines is 1. The summed E-state index contributed by atoms with van der Waals surface area (Å²) in [5.41, 5.74) is 7.43. The maximum Gasteiger partial charge on any atom is 0.152 e. The fraction of sp³-hybridized carbons (Fsp3) is 0.111. The summed E-state index contributed by atoms with van der Waals surface area (Å²) in [7, 11) is 0. The summed E-state index contributed by atoms with van der Waals surface area (Å²) in [6.07, 6.45) is 1.65. The van der Waals surface area contributed by atoms with Crippen LogP contribution in [0.4, 0.5) is 17.3 Å². The maximum atomic E-state index is 5.54. The second-order valence-electron chi connectivity index (χ2n) is 3.03. The van der Waals surface area contributed by atoms with Gasteiger partial charge < -0.3 is 11.1 Å². The molecule has 0 spiro atoms. The van der Waals surface area contributed by atoms with Crippen molar-refractivity contribution in [3.05, 3.63) is 30.1 Å². The van der Waals surface area contributed by atoms with Crippen molar-refractivity contribution in [3.63, 3.8) is 0 Å². The van der Waals surface area contributed by atoms with Crippen LogP contribution < -0.4 is 11.1 Å². The van der Waals surface area contributed by atoms with E-state index in [1.165, 1.54) is 0 Å². The van der Waals surface area contributed by atoms with Gasteiger partial charge in [-0.3, -0.25) is 5.10 Å². The Morgan fingerprint density at radius 1 is 1.43 bits per heavy atom. The molecule has 0 aromatic carbocycles. The van der Waals surface area contributed by atoms with Crippen LogP contribution in [0.2, 0.25) is 0 Å². The number of nitrogens with one attached hydrogen (secondary N) is 2. The fourth-order valence-electron chi connectivity index (χ4n) is 1.16. The van der Waals surface area contributed by atoms with Gasteiger partial charge in [0.15, 0.2) is 5.82 Å². The van der Waals surface area contributed by atoms with Gasteiger partial charge in [-0.15, -0.1) is 0 Å². The van der Waals surface area contributed by atoms with Crippen LogP contribution in [-0.4, -0.2) is 15.2 Å². The number of hydrogen-bond donors (Lipinski definition) is 3. The third-order valence-electron chi connectivity index (χ3n) is 1.76. The monoisotopic (exact) mass is 189 g/mol. The Kier molecular flexibility index (Phi) is 2.06. The van der Waals surface area contributed by atoms with Crippen molar-refractivity contribution in [1.29, 1.82) is 0 Å². The molecule has 72 valence electrons. The Balaban J connectivity index is 2.18. The molecular formula is C9H11N5. The Labute approximate surface area is 81.4 Å². The fourth-order valence-corrected chi connectivity index (χ4v) is 1.16. The van der Waals surface area contributed by atoms with Crippen LogP contribution in [0, 0.1) is 6.92 Å². The number of aryl methyl sites for hydroxylation is 1. The first-order valence-corrected chi connectivity index (χ1v) is 4.24. The molecule has 0 saturated carbocycles. The van der Waals surface area contributed by atoms with Gasteiger partial charge in [0.1, 0.15) is 5.82 Å². The first-order valence-electron chi connectivity index (χ1n) is 4.24. The zero-order valence-electron chi connectivity index (χ0n) is 7.78. The van der Waals surface area contributed by atoms with Crippen molar-refractivity contribution in [2.75, 3.05) is 11.1 Å². The molecule has 4 N–H and O–H groups in total. The Hall–Kier alpha value is -2.04. The minimum Gasteiger partial charge on any atom is -0.384 e. The molecule has 2 rings (SSSR count). The summed E-state index contributed by atoms with van der Waals surface area (Å²) in [6.45, 7) is 1.94. The Morgan fingerprint density at radius 2 is 2.29 bits per heavy atom. The molecule has 14 heavy (non-hydrogen) atoms. The molecule has 0 saturated heterocycles. The molecule has 2 aromatic heterocycles. The highest BCUT2D eigenvalue weighted by molar-refractivity contribution is 5.58. The Bertz CT molecular complexity index is 434. The van der Waals surface area contributed by atoms with Gasteiger partial charge in [-0.2, -0.15) is 5.10 Å². The number of H-pyrrole nitrogens is 1. The average molecular weight is 189 g/mol. The second kappa shape index (κ2) is 3.37. The van der Waals surface area contributed by atoms with Crippen LogP contribution in [0.25, 0.3) is 0 Å². The van der Waals surface area contributed by atoms with Crippen LogP contribution >= 0.6 is 0 Å². The normalized spacial score (nSPS) is 10.1. The average Bonchev–Trinajstić information content (AvgIpc) is 2.51. The van der Waals surface area contributed by atoms with E-state index in [9.17, 15) is 0 Å². The van der Waals surface area contributed by atoms with Crippen LogP contribution in [0.5, 0.6) is 0 Å². The van der Waals surface area contributed by atoms with E-state index in [2.05, 4.69) is 20.5 Å². The molecule has 0 bridgehead atoms. The number of nitrogen functional groups attached to an aromatic ring is 1. The number of nitrogens with zero attached hydrogens (tertiary/aromatic N) is 2. The lowest BCUT2D eigenvalue weighted by Gasteiger charge is -2.01. The number of rotatable bonds is 2. The first kappa shape index (κ1) is 8.55. The third kappa shape index (κ3) is 1.82. The molecule has 0 unspecified atom stereocenters. The molecule has 0 radical (unpaired) electrons. The number of anilines is 3. The van der Waals surface area contributed by atoms with Crippen molar-refractivity contribution >= 4 is 17.3 Å². The lowest BCUT2D eigenvalue weighted by Crippen LogP contribution is -1.94. The molecular weight excluding hydrogens is 178 g/mol. The van der Waals surface area contributed by atoms with Crippen LogP contribution in [0.15, 0.2) is 24.4 Å². The van der Waals surface area contributed by atoms with E-state index >= 15 is 0 Å². The highest BCUT2D eigenvalue weighted by atomic mass is 15.2. The first-order chi connectivity index (χ1) is 6.74. The van der Waals surface area contributed by atoms with Gasteiger partial charge in [0.05, 0.1) is 0 Å². The Morgan fingerprint density at radius 3 is 2.93 bits per heavy atom. The molecule has 5 heteroatoms. The van der Waals surface area contributed by atoms with Gasteiger partial charge in [0.2, 0.25) is 0 Å². The lowest BCUT2D eigenvalue weighted by atomic mass is 10.4. The van der Waals surface area contributed by atoms with E-state index < -0.39 is 0 Å².